The zero-order chi connectivity index (χ0) is 15.4. The normalized spacial score (nSPS) is 20.9. The van der Waals surface area contributed by atoms with Crippen molar-refractivity contribution in [3.8, 4) is 11.1 Å². The number of rotatable bonds is 5. The fraction of sp³-hybridized carbons (Fsp3) is 0.316. The van der Waals surface area contributed by atoms with Gasteiger partial charge in [-0.15, -0.1) is 0 Å². The lowest BCUT2D eigenvalue weighted by atomic mass is 10.0. The molecule has 3 nitrogen and oxygen atoms in total. The van der Waals surface area contributed by atoms with Crippen LogP contribution >= 0.6 is 0 Å². The number of hydrogen-bond donors (Lipinski definition) is 1. The molecule has 1 aliphatic carbocycles. The molecule has 0 unspecified atom stereocenters. The second-order valence-electron chi connectivity index (χ2n) is 5.80. The molecule has 3 heteroatoms. The summed E-state index contributed by atoms with van der Waals surface area (Å²) in [6, 6.07) is 18.5. The Morgan fingerprint density at radius 2 is 1.77 bits per heavy atom. The molecule has 0 heterocycles. The summed E-state index contributed by atoms with van der Waals surface area (Å²) >= 11 is 0. The maximum atomic E-state index is 11.0. The van der Waals surface area contributed by atoms with Gasteiger partial charge in [0.15, 0.2) is 0 Å². The van der Waals surface area contributed by atoms with Crippen LogP contribution in [0.5, 0.6) is 0 Å². The number of hydrogen-bond acceptors (Lipinski definition) is 2. The van der Waals surface area contributed by atoms with Gasteiger partial charge in [0.1, 0.15) is 0 Å². The second-order valence-corrected chi connectivity index (χ2v) is 5.80. The number of benzene rings is 2. The van der Waals surface area contributed by atoms with Gasteiger partial charge in [0.25, 0.3) is 0 Å². The monoisotopic (exact) mass is 296 g/mol. The standard InChI is InChI=1S/C19H20O3/c20-19(21)15-10-11-17(12-15)22-13-16-8-4-5-9-18(16)14-6-2-1-3-7-14/h1-9,15,17H,10-13H2,(H,20,21)/t15-,17-/m0/s1. The predicted molar refractivity (Wildman–Crippen MR) is 85.4 cm³/mol. The Kier molecular flexibility index (Phi) is 4.54. The van der Waals surface area contributed by atoms with Crippen molar-refractivity contribution in [1.82, 2.24) is 0 Å². The molecule has 1 N–H and O–H groups in total. The van der Waals surface area contributed by atoms with Crippen molar-refractivity contribution in [3.63, 3.8) is 0 Å². The van der Waals surface area contributed by atoms with E-state index in [9.17, 15) is 4.79 Å². The summed E-state index contributed by atoms with van der Waals surface area (Å²) < 4.78 is 5.97. The Hall–Kier alpha value is -2.13. The minimum absolute atomic E-state index is 0.0601. The zero-order valence-corrected chi connectivity index (χ0v) is 12.4. The van der Waals surface area contributed by atoms with Crippen molar-refractivity contribution in [2.24, 2.45) is 5.92 Å². The molecule has 114 valence electrons. The summed E-state index contributed by atoms with van der Waals surface area (Å²) in [5.74, 6) is -0.940. The van der Waals surface area contributed by atoms with Crippen molar-refractivity contribution >= 4 is 5.97 Å². The molecule has 2 aromatic rings. The summed E-state index contributed by atoms with van der Waals surface area (Å²) in [5, 5.41) is 9.05. The molecule has 0 saturated heterocycles. The van der Waals surface area contributed by atoms with Gasteiger partial charge in [-0.1, -0.05) is 54.6 Å². The third-order valence-corrected chi connectivity index (χ3v) is 4.31. The van der Waals surface area contributed by atoms with E-state index in [-0.39, 0.29) is 12.0 Å². The van der Waals surface area contributed by atoms with Gasteiger partial charge >= 0.3 is 5.97 Å². The number of carboxylic acids is 1. The number of carbonyl (C=O) groups is 1. The Morgan fingerprint density at radius 1 is 1.05 bits per heavy atom. The van der Waals surface area contributed by atoms with Crippen LogP contribution in [0.25, 0.3) is 11.1 Å². The van der Waals surface area contributed by atoms with Crippen molar-refractivity contribution in [1.29, 1.82) is 0 Å². The minimum atomic E-state index is -0.698. The van der Waals surface area contributed by atoms with Crippen LogP contribution in [0.1, 0.15) is 24.8 Å². The van der Waals surface area contributed by atoms with E-state index in [2.05, 4.69) is 24.3 Å². The van der Waals surface area contributed by atoms with Crippen molar-refractivity contribution in [2.45, 2.75) is 32.0 Å². The number of aliphatic carboxylic acids is 1. The largest absolute Gasteiger partial charge is 0.481 e. The van der Waals surface area contributed by atoms with Gasteiger partial charge < -0.3 is 9.84 Å². The van der Waals surface area contributed by atoms with Gasteiger partial charge in [-0.05, 0) is 36.0 Å². The van der Waals surface area contributed by atoms with E-state index in [1.54, 1.807) is 0 Å². The van der Waals surface area contributed by atoms with Crippen LogP contribution in [0.15, 0.2) is 54.6 Å². The van der Waals surface area contributed by atoms with E-state index in [1.807, 2.05) is 30.3 Å². The van der Waals surface area contributed by atoms with Crippen LogP contribution in [-0.4, -0.2) is 17.2 Å². The number of carboxylic acid groups (broad SMARTS) is 1. The van der Waals surface area contributed by atoms with Gasteiger partial charge in [0.2, 0.25) is 0 Å². The second kappa shape index (κ2) is 6.75. The average Bonchev–Trinajstić information content (AvgIpc) is 3.03. The molecular weight excluding hydrogens is 276 g/mol. The van der Waals surface area contributed by atoms with Crippen molar-refractivity contribution in [3.05, 3.63) is 60.2 Å². The molecule has 0 aliphatic heterocycles. The number of ether oxygens (including phenoxy) is 1. The quantitative estimate of drug-likeness (QED) is 0.902. The summed E-state index contributed by atoms with van der Waals surface area (Å²) in [5.41, 5.74) is 3.50. The highest BCUT2D eigenvalue weighted by Crippen LogP contribution is 2.30. The molecule has 0 aromatic heterocycles. The Bertz CT molecular complexity index is 636. The minimum Gasteiger partial charge on any atom is -0.481 e. The molecule has 0 spiro atoms. The summed E-state index contributed by atoms with van der Waals surface area (Å²) in [6.45, 7) is 0.530. The molecule has 0 amide bonds. The van der Waals surface area contributed by atoms with Crippen LogP contribution in [0.4, 0.5) is 0 Å². The Labute approximate surface area is 130 Å². The molecule has 0 radical (unpaired) electrons. The fourth-order valence-electron chi connectivity index (χ4n) is 3.07. The smallest absolute Gasteiger partial charge is 0.306 e. The molecule has 22 heavy (non-hydrogen) atoms. The third kappa shape index (κ3) is 3.37. The molecule has 2 atom stereocenters. The molecule has 0 bridgehead atoms. The average molecular weight is 296 g/mol. The van der Waals surface area contributed by atoms with E-state index < -0.39 is 5.97 Å². The van der Waals surface area contributed by atoms with Crippen LogP contribution in [-0.2, 0) is 16.1 Å². The Morgan fingerprint density at radius 3 is 2.50 bits per heavy atom. The van der Waals surface area contributed by atoms with E-state index in [0.29, 0.717) is 13.0 Å². The highest BCUT2D eigenvalue weighted by molar-refractivity contribution is 5.70. The van der Waals surface area contributed by atoms with Crippen LogP contribution in [0.3, 0.4) is 0 Å². The predicted octanol–water partition coefficient (Wildman–Crippen LogP) is 4.12. The van der Waals surface area contributed by atoms with E-state index in [4.69, 9.17) is 9.84 Å². The first-order valence-corrected chi connectivity index (χ1v) is 7.72. The third-order valence-electron chi connectivity index (χ3n) is 4.31. The van der Waals surface area contributed by atoms with E-state index in [0.717, 1.165) is 18.4 Å². The SMILES string of the molecule is O=C(O)[C@H]1CC[C@H](OCc2ccccc2-c2ccccc2)C1. The van der Waals surface area contributed by atoms with E-state index >= 15 is 0 Å². The summed E-state index contributed by atoms with van der Waals surface area (Å²) in [6.07, 6.45) is 2.25. The van der Waals surface area contributed by atoms with Crippen molar-refractivity contribution < 1.29 is 14.6 Å². The zero-order valence-electron chi connectivity index (χ0n) is 12.4. The lowest BCUT2D eigenvalue weighted by Gasteiger charge is -2.14. The first kappa shape index (κ1) is 14.8. The van der Waals surface area contributed by atoms with Crippen LogP contribution in [0, 0.1) is 5.92 Å². The summed E-state index contributed by atoms with van der Waals surface area (Å²) in [7, 11) is 0. The lowest BCUT2D eigenvalue weighted by molar-refractivity contribution is -0.141. The van der Waals surface area contributed by atoms with Gasteiger partial charge in [-0.2, -0.15) is 0 Å². The molecule has 3 rings (SSSR count). The van der Waals surface area contributed by atoms with Crippen LogP contribution in [0.2, 0.25) is 0 Å². The van der Waals surface area contributed by atoms with Gasteiger partial charge in [-0.3, -0.25) is 4.79 Å². The molecular formula is C19H20O3. The molecule has 1 aliphatic rings. The topological polar surface area (TPSA) is 46.5 Å². The van der Waals surface area contributed by atoms with Gasteiger partial charge in [0.05, 0.1) is 18.6 Å². The summed E-state index contributed by atoms with van der Waals surface area (Å²) in [4.78, 5) is 11.0. The highest BCUT2D eigenvalue weighted by atomic mass is 16.5. The maximum absolute atomic E-state index is 11.0. The maximum Gasteiger partial charge on any atom is 0.306 e. The first-order valence-electron chi connectivity index (χ1n) is 7.72. The highest BCUT2D eigenvalue weighted by Gasteiger charge is 2.30. The van der Waals surface area contributed by atoms with E-state index in [1.165, 1.54) is 11.1 Å². The van der Waals surface area contributed by atoms with Gasteiger partial charge in [0, 0.05) is 0 Å². The fourth-order valence-corrected chi connectivity index (χ4v) is 3.07. The molecule has 1 fully saturated rings. The van der Waals surface area contributed by atoms with Crippen LogP contribution < -0.4 is 0 Å². The Balaban J connectivity index is 1.68. The van der Waals surface area contributed by atoms with Crippen molar-refractivity contribution in [2.75, 3.05) is 0 Å². The first-order chi connectivity index (χ1) is 10.7. The molecule has 1 saturated carbocycles. The lowest BCUT2D eigenvalue weighted by Crippen LogP contribution is -2.13. The van der Waals surface area contributed by atoms with Gasteiger partial charge in [-0.25, -0.2) is 0 Å². The molecule has 2 aromatic carbocycles.